The molecule has 1 unspecified atom stereocenters. The molecule has 31 heavy (non-hydrogen) atoms. The summed E-state index contributed by atoms with van der Waals surface area (Å²) in [6, 6.07) is 8.39. The molecule has 1 atom stereocenters. The van der Waals surface area contributed by atoms with Crippen LogP contribution in [0.25, 0.3) is 0 Å². The Morgan fingerprint density at radius 1 is 1.13 bits per heavy atom. The Morgan fingerprint density at radius 3 is 2.39 bits per heavy atom. The maximum atomic E-state index is 12.2. The SMILES string of the molecule is CN=C(NCCc1cccc(C(=O)N(C)C)c1)NCC(C(C)C)N1CCCCCC1.I. The predicted molar refractivity (Wildman–Crippen MR) is 142 cm³/mol. The molecule has 2 rings (SSSR count). The van der Waals surface area contributed by atoms with E-state index in [-0.39, 0.29) is 29.9 Å². The van der Waals surface area contributed by atoms with Gasteiger partial charge in [-0.05, 0) is 56.0 Å². The van der Waals surface area contributed by atoms with Crippen molar-refractivity contribution in [1.82, 2.24) is 20.4 Å². The number of hydrogen-bond donors (Lipinski definition) is 2. The zero-order chi connectivity index (χ0) is 21.9. The van der Waals surface area contributed by atoms with E-state index in [0.29, 0.717) is 12.0 Å². The predicted octanol–water partition coefficient (Wildman–Crippen LogP) is 3.61. The van der Waals surface area contributed by atoms with Crippen LogP contribution in [0.1, 0.15) is 55.5 Å². The van der Waals surface area contributed by atoms with Crippen LogP contribution >= 0.6 is 24.0 Å². The molecule has 1 heterocycles. The first kappa shape index (κ1) is 27.7. The summed E-state index contributed by atoms with van der Waals surface area (Å²) in [6.45, 7) is 8.72. The van der Waals surface area contributed by atoms with Gasteiger partial charge in [0.15, 0.2) is 5.96 Å². The molecular weight excluding hydrogens is 501 g/mol. The van der Waals surface area contributed by atoms with Crippen molar-refractivity contribution in [1.29, 1.82) is 0 Å². The smallest absolute Gasteiger partial charge is 0.253 e. The number of nitrogens with zero attached hydrogens (tertiary/aromatic N) is 3. The molecule has 1 aromatic carbocycles. The summed E-state index contributed by atoms with van der Waals surface area (Å²) in [7, 11) is 5.38. The van der Waals surface area contributed by atoms with Gasteiger partial charge in [0.05, 0.1) is 0 Å². The zero-order valence-electron chi connectivity index (χ0n) is 20.0. The van der Waals surface area contributed by atoms with Gasteiger partial charge in [-0.15, -0.1) is 24.0 Å². The van der Waals surface area contributed by atoms with E-state index in [2.05, 4.69) is 40.4 Å². The van der Waals surface area contributed by atoms with Crippen molar-refractivity contribution in [2.45, 2.75) is 52.0 Å². The largest absolute Gasteiger partial charge is 0.356 e. The Balaban J connectivity index is 0.00000480. The van der Waals surface area contributed by atoms with E-state index in [1.165, 1.54) is 38.8 Å². The van der Waals surface area contributed by atoms with Crippen molar-refractivity contribution in [2.24, 2.45) is 10.9 Å². The molecule has 1 aromatic rings. The van der Waals surface area contributed by atoms with Crippen LogP contribution in [-0.4, -0.2) is 75.0 Å². The second-order valence-corrected chi connectivity index (χ2v) is 8.79. The van der Waals surface area contributed by atoms with Crippen LogP contribution in [0.15, 0.2) is 29.3 Å². The second-order valence-electron chi connectivity index (χ2n) is 8.79. The van der Waals surface area contributed by atoms with Crippen LogP contribution in [0, 0.1) is 5.92 Å². The maximum Gasteiger partial charge on any atom is 0.253 e. The first-order valence-electron chi connectivity index (χ1n) is 11.4. The monoisotopic (exact) mass is 543 g/mol. The Bertz CT molecular complexity index is 684. The summed E-state index contributed by atoms with van der Waals surface area (Å²) < 4.78 is 0. The molecule has 7 heteroatoms. The first-order valence-corrected chi connectivity index (χ1v) is 11.4. The second kappa shape index (κ2) is 14.7. The summed E-state index contributed by atoms with van der Waals surface area (Å²) in [5.74, 6) is 1.48. The van der Waals surface area contributed by atoms with Gasteiger partial charge in [-0.1, -0.05) is 38.8 Å². The maximum absolute atomic E-state index is 12.2. The number of hydrogen-bond acceptors (Lipinski definition) is 3. The van der Waals surface area contributed by atoms with Crippen molar-refractivity contribution < 1.29 is 4.79 Å². The number of benzene rings is 1. The fourth-order valence-corrected chi connectivity index (χ4v) is 4.08. The summed E-state index contributed by atoms with van der Waals surface area (Å²) in [5.41, 5.74) is 1.88. The van der Waals surface area contributed by atoms with Gasteiger partial charge >= 0.3 is 0 Å². The quantitative estimate of drug-likeness (QED) is 0.299. The summed E-state index contributed by atoms with van der Waals surface area (Å²) >= 11 is 0. The van der Waals surface area contributed by atoms with Crippen LogP contribution in [0.2, 0.25) is 0 Å². The lowest BCUT2D eigenvalue weighted by Crippen LogP contribution is -2.50. The molecular formula is C24H42IN5O. The number of carbonyl (C=O) groups excluding carboxylic acids is 1. The highest BCUT2D eigenvalue weighted by molar-refractivity contribution is 14.0. The van der Waals surface area contributed by atoms with Crippen molar-refractivity contribution in [3.8, 4) is 0 Å². The molecule has 176 valence electrons. The highest BCUT2D eigenvalue weighted by Crippen LogP contribution is 2.17. The van der Waals surface area contributed by atoms with E-state index in [4.69, 9.17) is 0 Å². The lowest BCUT2D eigenvalue weighted by atomic mass is 10.0. The fraction of sp³-hybridized carbons (Fsp3) is 0.667. The third-order valence-electron chi connectivity index (χ3n) is 5.87. The van der Waals surface area contributed by atoms with Crippen molar-refractivity contribution in [3.05, 3.63) is 35.4 Å². The Labute approximate surface area is 206 Å². The lowest BCUT2D eigenvalue weighted by molar-refractivity contribution is 0.0827. The molecule has 6 nitrogen and oxygen atoms in total. The van der Waals surface area contributed by atoms with Crippen LogP contribution in [0.4, 0.5) is 0 Å². The van der Waals surface area contributed by atoms with E-state index in [9.17, 15) is 4.79 Å². The molecule has 1 fully saturated rings. The molecule has 1 aliphatic heterocycles. The minimum atomic E-state index is 0. The number of amides is 1. The molecule has 0 bridgehead atoms. The zero-order valence-corrected chi connectivity index (χ0v) is 22.3. The third-order valence-corrected chi connectivity index (χ3v) is 5.87. The van der Waals surface area contributed by atoms with Crippen molar-refractivity contribution in [3.63, 3.8) is 0 Å². The van der Waals surface area contributed by atoms with Gasteiger partial charge in [-0.2, -0.15) is 0 Å². The molecule has 1 saturated heterocycles. The lowest BCUT2D eigenvalue weighted by Gasteiger charge is -2.34. The van der Waals surface area contributed by atoms with Crippen molar-refractivity contribution in [2.75, 3.05) is 47.3 Å². The Hall–Kier alpha value is -1.35. The fourth-order valence-electron chi connectivity index (χ4n) is 4.08. The number of aliphatic imine (C=N–C) groups is 1. The minimum Gasteiger partial charge on any atom is -0.356 e. The minimum absolute atomic E-state index is 0. The molecule has 0 aliphatic carbocycles. The molecule has 1 aliphatic rings. The molecule has 2 N–H and O–H groups in total. The van der Waals surface area contributed by atoms with Gasteiger partial charge in [0.25, 0.3) is 5.91 Å². The van der Waals surface area contributed by atoms with Gasteiger partial charge in [0.1, 0.15) is 0 Å². The standard InChI is InChI=1S/C24H41N5O.HI/c1-19(2)22(29-15-8-6-7-9-16-29)18-27-24(25-3)26-14-13-20-11-10-12-21(17-20)23(30)28(4)5;/h10-12,17,19,22H,6-9,13-16,18H2,1-5H3,(H2,25,26,27);1H. The Kier molecular flexibility index (Phi) is 13.1. The van der Waals surface area contributed by atoms with E-state index in [1.807, 2.05) is 25.2 Å². The third kappa shape index (κ3) is 9.35. The van der Waals surface area contributed by atoms with E-state index in [1.54, 1.807) is 19.0 Å². The first-order chi connectivity index (χ1) is 14.4. The number of guanidine groups is 1. The van der Waals surface area contributed by atoms with Gasteiger partial charge < -0.3 is 15.5 Å². The number of halogens is 1. The topological polar surface area (TPSA) is 60.0 Å². The summed E-state index contributed by atoms with van der Waals surface area (Å²) in [5, 5.41) is 6.96. The number of rotatable bonds is 8. The summed E-state index contributed by atoms with van der Waals surface area (Å²) in [6.07, 6.45) is 6.19. The van der Waals surface area contributed by atoms with Crippen LogP contribution in [-0.2, 0) is 6.42 Å². The van der Waals surface area contributed by atoms with Gasteiger partial charge in [-0.3, -0.25) is 14.7 Å². The van der Waals surface area contributed by atoms with Gasteiger partial charge in [-0.25, -0.2) is 0 Å². The molecule has 0 saturated carbocycles. The van der Waals surface area contributed by atoms with Crippen LogP contribution in [0.3, 0.4) is 0 Å². The normalized spacial score (nSPS) is 16.3. The van der Waals surface area contributed by atoms with Gasteiger partial charge in [0.2, 0.25) is 0 Å². The molecule has 1 amide bonds. The van der Waals surface area contributed by atoms with Crippen LogP contribution in [0.5, 0.6) is 0 Å². The average molecular weight is 544 g/mol. The van der Waals surface area contributed by atoms with Crippen molar-refractivity contribution >= 4 is 35.8 Å². The highest BCUT2D eigenvalue weighted by atomic mass is 127. The van der Waals surface area contributed by atoms with E-state index >= 15 is 0 Å². The van der Waals surface area contributed by atoms with E-state index in [0.717, 1.165) is 36.6 Å². The van der Waals surface area contributed by atoms with E-state index < -0.39 is 0 Å². The number of nitrogens with one attached hydrogen (secondary N) is 2. The van der Waals surface area contributed by atoms with Gasteiger partial charge in [0, 0.05) is 45.8 Å². The molecule has 0 aromatic heterocycles. The highest BCUT2D eigenvalue weighted by Gasteiger charge is 2.22. The molecule has 0 spiro atoms. The van der Waals surface area contributed by atoms with Crippen LogP contribution < -0.4 is 10.6 Å². The Morgan fingerprint density at radius 2 is 1.81 bits per heavy atom. The summed E-state index contributed by atoms with van der Waals surface area (Å²) in [4.78, 5) is 20.8. The molecule has 0 radical (unpaired) electrons. The number of carbonyl (C=O) groups is 1. The number of likely N-dealkylation sites (tertiary alicyclic amines) is 1. The average Bonchev–Trinajstić information content (AvgIpc) is 3.01.